The van der Waals surface area contributed by atoms with Crippen molar-refractivity contribution < 1.29 is 17.9 Å². The number of aryl methyl sites for hydroxylation is 1. The van der Waals surface area contributed by atoms with E-state index >= 15 is 0 Å². The molecular weight excluding hydrogens is 550 g/mol. The number of rotatable bonds is 4. The second kappa shape index (κ2) is 8.48. The van der Waals surface area contributed by atoms with Crippen molar-refractivity contribution in [2.24, 2.45) is 7.05 Å². The maximum atomic E-state index is 13.4. The molecule has 1 saturated carbocycles. The summed E-state index contributed by atoms with van der Waals surface area (Å²) in [4.78, 5) is 29.9. The minimum atomic E-state index is -3.94. The van der Waals surface area contributed by atoms with Crippen molar-refractivity contribution in [2.75, 3.05) is 0 Å². The number of halogens is 1. The van der Waals surface area contributed by atoms with Crippen LogP contribution in [0.4, 0.5) is 4.79 Å². The molecule has 1 aliphatic rings. The maximum absolute atomic E-state index is 13.4. The molecule has 0 aliphatic heterocycles. The summed E-state index contributed by atoms with van der Waals surface area (Å²) in [6.07, 6.45) is 2.13. The number of hydrogen-bond donors (Lipinski definition) is 1. The summed E-state index contributed by atoms with van der Waals surface area (Å²) in [5.74, 6) is 0. The van der Waals surface area contributed by atoms with E-state index < -0.39 is 21.7 Å². The van der Waals surface area contributed by atoms with Crippen molar-refractivity contribution in [1.82, 2.24) is 23.4 Å². The summed E-state index contributed by atoms with van der Waals surface area (Å²) in [6, 6.07) is 9.49. The van der Waals surface area contributed by atoms with Gasteiger partial charge in [-0.15, -0.1) is 0 Å². The minimum Gasteiger partial charge on any atom is -0.444 e. The number of nitrogens with zero attached hydrogens (tertiary/aromatic N) is 4. The fourth-order valence-electron chi connectivity index (χ4n) is 4.59. The highest BCUT2D eigenvalue weighted by atomic mass is 79.9. The Bertz CT molecular complexity index is 1660. The molecule has 3 heterocycles. The van der Waals surface area contributed by atoms with Gasteiger partial charge >= 0.3 is 11.8 Å². The molecule has 0 spiro atoms. The van der Waals surface area contributed by atoms with E-state index in [2.05, 4.69) is 26.2 Å². The number of aromatic nitrogens is 4. The number of alkyl carbamates (subject to hydrolysis) is 1. The lowest BCUT2D eigenvalue weighted by Gasteiger charge is -2.36. The molecule has 0 saturated heterocycles. The maximum Gasteiger partial charge on any atom is 0.407 e. The lowest BCUT2D eigenvalue weighted by Crippen LogP contribution is -2.48. The summed E-state index contributed by atoms with van der Waals surface area (Å²) in [7, 11) is -2.27. The van der Waals surface area contributed by atoms with Crippen LogP contribution in [0.3, 0.4) is 0 Å². The van der Waals surface area contributed by atoms with Gasteiger partial charge in [0.25, 0.3) is 10.0 Å². The summed E-state index contributed by atoms with van der Waals surface area (Å²) in [5, 5.41) is 3.39. The van der Waals surface area contributed by atoms with Crippen LogP contribution in [0.5, 0.6) is 0 Å². The number of fused-ring (bicyclic) bond motifs is 3. The second-order valence-electron chi connectivity index (χ2n) is 9.96. The number of carbonyl (C=O) groups is 1. The fraction of sp³-hybridized carbons (Fsp3) is 0.375. The number of benzene rings is 1. The molecule has 5 rings (SSSR count). The van der Waals surface area contributed by atoms with E-state index in [1.165, 1.54) is 22.9 Å². The van der Waals surface area contributed by atoms with Gasteiger partial charge in [-0.25, -0.2) is 27.0 Å². The molecule has 0 radical (unpaired) electrons. The Balaban J connectivity index is 1.56. The third-order valence-corrected chi connectivity index (χ3v) is 8.81. The van der Waals surface area contributed by atoms with Gasteiger partial charge in [-0.3, -0.25) is 9.13 Å². The molecule has 0 bridgehead atoms. The summed E-state index contributed by atoms with van der Waals surface area (Å²) >= 11 is 3.40. The van der Waals surface area contributed by atoms with Crippen LogP contribution in [0, 0.1) is 0 Å². The van der Waals surface area contributed by atoms with Gasteiger partial charge in [0.1, 0.15) is 10.2 Å². The first-order valence-corrected chi connectivity index (χ1v) is 13.7. The summed E-state index contributed by atoms with van der Waals surface area (Å²) < 4.78 is 36.8. The van der Waals surface area contributed by atoms with Crippen LogP contribution < -0.4 is 11.0 Å². The predicted molar refractivity (Wildman–Crippen MR) is 139 cm³/mol. The van der Waals surface area contributed by atoms with Gasteiger partial charge < -0.3 is 10.1 Å². The zero-order chi connectivity index (χ0) is 26.0. The number of amides is 1. The minimum absolute atomic E-state index is 0.126. The molecular formula is C24H26BrN5O5S. The quantitative estimate of drug-likeness (QED) is 0.394. The Kier molecular flexibility index (Phi) is 5.79. The molecule has 1 aromatic carbocycles. The molecule has 10 nitrogen and oxygen atoms in total. The second-order valence-corrected chi connectivity index (χ2v) is 12.6. The lowest BCUT2D eigenvalue weighted by atomic mass is 9.86. The van der Waals surface area contributed by atoms with Crippen molar-refractivity contribution in [2.45, 2.75) is 56.2 Å². The number of imidazole rings is 1. The van der Waals surface area contributed by atoms with E-state index in [-0.39, 0.29) is 28.3 Å². The molecule has 0 unspecified atom stereocenters. The van der Waals surface area contributed by atoms with Crippen molar-refractivity contribution in [3.05, 3.63) is 57.7 Å². The van der Waals surface area contributed by atoms with Crippen molar-refractivity contribution in [1.29, 1.82) is 0 Å². The molecule has 12 heteroatoms. The van der Waals surface area contributed by atoms with Crippen LogP contribution in [0.1, 0.15) is 39.7 Å². The first-order chi connectivity index (χ1) is 16.9. The fourth-order valence-corrected chi connectivity index (χ4v) is 6.92. The number of nitrogens with one attached hydrogen (secondary N) is 1. The van der Waals surface area contributed by atoms with E-state index in [0.29, 0.717) is 33.9 Å². The van der Waals surface area contributed by atoms with Gasteiger partial charge in [0, 0.05) is 24.5 Å². The van der Waals surface area contributed by atoms with Crippen LogP contribution in [0.15, 0.2) is 56.9 Å². The first-order valence-electron chi connectivity index (χ1n) is 11.5. The van der Waals surface area contributed by atoms with Gasteiger partial charge in [-0.05, 0) is 67.7 Å². The SMILES string of the molecule is Cn1c(=O)n(C2CC(NC(=O)OC(C)(C)C)C2)c2c3cc(Br)n(S(=O)(=O)c4ccccc4)c3ncc21. The van der Waals surface area contributed by atoms with Crippen LogP contribution in [0.25, 0.3) is 22.1 Å². The van der Waals surface area contributed by atoms with Gasteiger partial charge in [0.2, 0.25) is 0 Å². The molecule has 1 fully saturated rings. The summed E-state index contributed by atoms with van der Waals surface area (Å²) in [5.41, 5.74) is 0.600. The van der Waals surface area contributed by atoms with Crippen LogP contribution >= 0.6 is 15.9 Å². The zero-order valence-electron chi connectivity index (χ0n) is 20.2. The summed E-state index contributed by atoms with van der Waals surface area (Å²) in [6.45, 7) is 5.40. The Morgan fingerprint density at radius 2 is 1.86 bits per heavy atom. The van der Waals surface area contributed by atoms with E-state index in [1.807, 2.05) is 0 Å². The molecule has 1 amide bonds. The topological polar surface area (TPSA) is 117 Å². The Hall–Kier alpha value is -3.12. The van der Waals surface area contributed by atoms with Crippen molar-refractivity contribution in [3.8, 4) is 0 Å². The molecule has 190 valence electrons. The lowest BCUT2D eigenvalue weighted by molar-refractivity contribution is 0.0456. The number of hydrogen-bond acceptors (Lipinski definition) is 6. The Morgan fingerprint density at radius 1 is 1.19 bits per heavy atom. The van der Waals surface area contributed by atoms with Crippen molar-refractivity contribution in [3.63, 3.8) is 0 Å². The van der Waals surface area contributed by atoms with Crippen LogP contribution in [-0.4, -0.2) is 44.2 Å². The van der Waals surface area contributed by atoms with Gasteiger partial charge in [-0.1, -0.05) is 18.2 Å². The molecule has 1 aliphatic carbocycles. The van der Waals surface area contributed by atoms with Crippen molar-refractivity contribution >= 4 is 54.1 Å². The third kappa shape index (κ3) is 4.01. The van der Waals surface area contributed by atoms with Gasteiger partial charge in [-0.2, -0.15) is 0 Å². The average Bonchev–Trinajstić information content (AvgIpc) is 3.24. The van der Waals surface area contributed by atoms with E-state index in [1.54, 1.807) is 56.7 Å². The largest absolute Gasteiger partial charge is 0.444 e. The highest BCUT2D eigenvalue weighted by Gasteiger charge is 2.36. The van der Waals surface area contributed by atoms with Crippen LogP contribution in [-0.2, 0) is 21.8 Å². The predicted octanol–water partition coefficient (Wildman–Crippen LogP) is 3.92. The monoisotopic (exact) mass is 575 g/mol. The smallest absolute Gasteiger partial charge is 0.407 e. The molecule has 1 N–H and O–H groups in total. The number of ether oxygens (including phenoxy) is 1. The highest BCUT2D eigenvalue weighted by Crippen LogP contribution is 2.37. The normalized spacial score (nSPS) is 18.4. The Morgan fingerprint density at radius 3 is 2.50 bits per heavy atom. The molecule has 4 aromatic rings. The molecule has 36 heavy (non-hydrogen) atoms. The Labute approximate surface area is 216 Å². The highest BCUT2D eigenvalue weighted by molar-refractivity contribution is 9.10. The zero-order valence-corrected chi connectivity index (χ0v) is 22.6. The van der Waals surface area contributed by atoms with E-state index in [4.69, 9.17) is 4.74 Å². The molecule has 0 atom stereocenters. The molecule has 3 aromatic heterocycles. The van der Waals surface area contributed by atoms with E-state index in [9.17, 15) is 18.0 Å². The third-order valence-electron chi connectivity index (χ3n) is 6.27. The van der Waals surface area contributed by atoms with Gasteiger partial charge in [0.15, 0.2) is 5.65 Å². The van der Waals surface area contributed by atoms with E-state index in [0.717, 1.165) is 3.97 Å². The standard InChI is InChI=1S/C24H26BrN5O5S/c1-24(2,3)35-22(31)27-14-10-15(11-14)29-20-17-12-19(25)30(36(33,34)16-8-6-5-7-9-16)21(17)26-13-18(20)28(4)23(29)32/h5-9,12-15H,10-11H2,1-4H3,(H,27,31). The number of pyridine rings is 1. The van der Waals surface area contributed by atoms with Crippen LogP contribution in [0.2, 0.25) is 0 Å². The number of carbonyl (C=O) groups excluding carboxylic acids is 1. The van der Waals surface area contributed by atoms with Gasteiger partial charge in [0.05, 0.1) is 22.1 Å². The average molecular weight is 576 g/mol. The first kappa shape index (κ1) is 24.6.